The molecule has 0 radical (unpaired) electrons. The van der Waals surface area contributed by atoms with Gasteiger partial charge in [-0.2, -0.15) is 0 Å². The lowest BCUT2D eigenvalue weighted by Gasteiger charge is -1.90. The van der Waals surface area contributed by atoms with Crippen LogP contribution in [0.3, 0.4) is 0 Å². The molecule has 0 aliphatic rings. The van der Waals surface area contributed by atoms with E-state index in [9.17, 15) is 0 Å². The van der Waals surface area contributed by atoms with E-state index in [0.29, 0.717) is 9.66 Å². The van der Waals surface area contributed by atoms with Crippen molar-refractivity contribution in [3.63, 3.8) is 0 Å². The molecule has 0 fully saturated rings. The van der Waals surface area contributed by atoms with Crippen LogP contribution < -0.4 is 0 Å². The predicted octanol–water partition coefficient (Wildman–Crippen LogP) is 3.01. The van der Waals surface area contributed by atoms with Crippen molar-refractivity contribution in [2.75, 3.05) is 0 Å². The molecule has 0 atom stereocenters. The zero-order valence-corrected chi connectivity index (χ0v) is 8.14. The molecule has 0 aliphatic carbocycles. The van der Waals surface area contributed by atoms with Gasteiger partial charge in [-0.25, -0.2) is 4.98 Å². The fraction of sp³-hybridized carbons (Fsp3) is 0. The van der Waals surface area contributed by atoms with Crippen molar-refractivity contribution in [2.24, 2.45) is 0 Å². The highest BCUT2D eigenvalue weighted by Gasteiger charge is 1.93. The fourth-order valence-corrected chi connectivity index (χ4v) is 1.40. The van der Waals surface area contributed by atoms with Gasteiger partial charge in [0.05, 0.1) is 11.7 Å². The van der Waals surface area contributed by atoms with E-state index in [2.05, 4.69) is 9.97 Å². The molecular formula is C9H5ClN2S. The molecule has 0 bridgehead atoms. The monoisotopic (exact) mass is 208 g/mol. The summed E-state index contributed by atoms with van der Waals surface area (Å²) in [6.07, 6.45) is 3.24. The van der Waals surface area contributed by atoms with Crippen LogP contribution in [0.25, 0.3) is 10.9 Å². The molecule has 2 rings (SSSR count). The number of halogens is 1. The van der Waals surface area contributed by atoms with E-state index in [1.54, 1.807) is 18.5 Å². The maximum Gasteiger partial charge on any atom is 0.145 e. The van der Waals surface area contributed by atoms with Crippen molar-refractivity contribution in [1.29, 1.82) is 0 Å². The Bertz CT molecular complexity index is 513. The van der Waals surface area contributed by atoms with Gasteiger partial charge in [-0.05, 0) is 18.2 Å². The first-order valence-corrected chi connectivity index (χ1v) is 4.46. The summed E-state index contributed by atoms with van der Waals surface area (Å²) in [5.41, 5.74) is 0.812. The number of hydrogen-bond acceptors (Lipinski definition) is 3. The second-order valence-corrected chi connectivity index (χ2v) is 3.42. The SMILES string of the molecule is S=c1cncc2cc(Cl)ccc2n1. The molecule has 0 N–H and O–H groups in total. The molecule has 13 heavy (non-hydrogen) atoms. The normalized spacial score (nSPS) is 10.2. The first-order valence-electron chi connectivity index (χ1n) is 3.67. The summed E-state index contributed by atoms with van der Waals surface area (Å²) in [6.45, 7) is 0. The molecule has 0 saturated carbocycles. The van der Waals surface area contributed by atoms with Gasteiger partial charge in [0, 0.05) is 16.6 Å². The predicted molar refractivity (Wildman–Crippen MR) is 55.4 cm³/mol. The smallest absolute Gasteiger partial charge is 0.145 e. The van der Waals surface area contributed by atoms with E-state index in [0.717, 1.165) is 10.9 Å². The Morgan fingerprint density at radius 3 is 2.92 bits per heavy atom. The molecule has 0 aliphatic heterocycles. The highest BCUT2D eigenvalue weighted by molar-refractivity contribution is 7.71. The quantitative estimate of drug-likeness (QED) is 0.623. The van der Waals surface area contributed by atoms with Crippen molar-refractivity contribution in [1.82, 2.24) is 9.97 Å². The number of benzene rings is 1. The van der Waals surface area contributed by atoms with Crippen LogP contribution in [-0.2, 0) is 0 Å². The Kier molecular flexibility index (Phi) is 2.20. The van der Waals surface area contributed by atoms with Crippen LogP contribution in [0.4, 0.5) is 0 Å². The maximum atomic E-state index is 5.82. The first-order chi connectivity index (χ1) is 6.25. The van der Waals surface area contributed by atoms with Gasteiger partial charge in [0.2, 0.25) is 0 Å². The molecule has 1 heterocycles. The van der Waals surface area contributed by atoms with Crippen LogP contribution in [-0.4, -0.2) is 9.97 Å². The molecule has 64 valence electrons. The molecule has 0 spiro atoms. The zero-order chi connectivity index (χ0) is 9.26. The largest absolute Gasteiger partial charge is 0.261 e. The maximum absolute atomic E-state index is 5.82. The summed E-state index contributed by atoms with van der Waals surface area (Å²) in [7, 11) is 0. The summed E-state index contributed by atoms with van der Waals surface area (Å²) in [5.74, 6) is 0. The lowest BCUT2D eigenvalue weighted by atomic mass is 10.2. The minimum Gasteiger partial charge on any atom is -0.261 e. The van der Waals surface area contributed by atoms with Gasteiger partial charge in [0.25, 0.3) is 0 Å². The number of nitrogens with zero attached hydrogens (tertiary/aromatic N) is 2. The van der Waals surface area contributed by atoms with Gasteiger partial charge in [0.1, 0.15) is 4.64 Å². The van der Waals surface area contributed by atoms with Gasteiger partial charge in [0.15, 0.2) is 0 Å². The molecule has 4 heteroatoms. The Morgan fingerprint density at radius 2 is 2.08 bits per heavy atom. The molecule has 0 saturated heterocycles. The van der Waals surface area contributed by atoms with Crippen LogP contribution >= 0.6 is 23.8 Å². The second-order valence-electron chi connectivity index (χ2n) is 2.56. The third kappa shape index (κ3) is 1.82. The molecule has 1 aromatic heterocycles. The van der Waals surface area contributed by atoms with Crippen molar-refractivity contribution in [3.05, 3.63) is 40.3 Å². The van der Waals surface area contributed by atoms with Gasteiger partial charge < -0.3 is 0 Å². The van der Waals surface area contributed by atoms with Crippen LogP contribution in [0, 0.1) is 4.64 Å². The van der Waals surface area contributed by atoms with Gasteiger partial charge in [-0.15, -0.1) is 0 Å². The van der Waals surface area contributed by atoms with Crippen molar-refractivity contribution < 1.29 is 0 Å². The summed E-state index contributed by atoms with van der Waals surface area (Å²) in [4.78, 5) is 8.16. The number of aromatic nitrogens is 2. The van der Waals surface area contributed by atoms with Crippen LogP contribution in [0.2, 0.25) is 5.02 Å². The van der Waals surface area contributed by atoms with E-state index in [-0.39, 0.29) is 0 Å². The number of fused-ring (bicyclic) bond motifs is 1. The molecule has 0 amide bonds. The molecule has 1 aromatic carbocycles. The summed E-state index contributed by atoms with van der Waals surface area (Å²) < 4.78 is 0.484. The topological polar surface area (TPSA) is 25.8 Å². The first kappa shape index (κ1) is 8.53. The third-order valence-corrected chi connectivity index (χ3v) is 2.05. The van der Waals surface area contributed by atoms with E-state index >= 15 is 0 Å². The highest BCUT2D eigenvalue weighted by Crippen LogP contribution is 2.15. The minimum absolute atomic E-state index is 0.484. The van der Waals surface area contributed by atoms with Crippen molar-refractivity contribution in [3.8, 4) is 0 Å². The fourth-order valence-electron chi connectivity index (χ4n) is 1.06. The average molecular weight is 209 g/mol. The molecule has 0 unspecified atom stereocenters. The van der Waals surface area contributed by atoms with Crippen LogP contribution in [0.15, 0.2) is 30.6 Å². The Morgan fingerprint density at radius 1 is 1.23 bits per heavy atom. The third-order valence-electron chi connectivity index (χ3n) is 1.62. The second kappa shape index (κ2) is 3.36. The summed E-state index contributed by atoms with van der Waals surface area (Å²) in [6, 6.07) is 5.42. The van der Waals surface area contributed by atoms with E-state index in [1.807, 2.05) is 12.1 Å². The number of hydrogen-bond donors (Lipinski definition) is 0. The van der Waals surface area contributed by atoms with Crippen LogP contribution in [0.1, 0.15) is 0 Å². The van der Waals surface area contributed by atoms with Gasteiger partial charge >= 0.3 is 0 Å². The van der Waals surface area contributed by atoms with Gasteiger partial charge in [-0.3, -0.25) is 4.98 Å². The molecule has 2 aromatic rings. The Balaban J connectivity index is 2.93. The average Bonchev–Trinajstić information content (AvgIpc) is 2.25. The summed E-state index contributed by atoms with van der Waals surface area (Å²) in [5, 5.41) is 1.57. The van der Waals surface area contributed by atoms with Crippen molar-refractivity contribution in [2.45, 2.75) is 0 Å². The molecular weight excluding hydrogens is 204 g/mol. The minimum atomic E-state index is 0.484. The lowest BCUT2D eigenvalue weighted by Crippen LogP contribution is -1.71. The van der Waals surface area contributed by atoms with E-state index < -0.39 is 0 Å². The van der Waals surface area contributed by atoms with Crippen LogP contribution in [0.5, 0.6) is 0 Å². The number of rotatable bonds is 0. The lowest BCUT2D eigenvalue weighted by molar-refractivity contribution is 1.31. The molecule has 2 nitrogen and oxygen atoms in total. The van der Waals surface area contributed by atoms with Gasteiger partial charge in [-0.1, -0.05) is 23.8 Å². The Labute approximate surface area is 85.2 Å². The van der Waals surface area contributed by atoms with E-state index in [1.165, 1.54) is 0 Å². The van der Waals surface area contributed by atoms with Crippen molar-refractivity contribution >= 4 is 34.7 Å². The summed E-state index contributed by atoms with van der Waals surface area (Å²) >= 11 is 10.8. The highest BCUT2D eigenvalue weighted by atomic mass is 35.5. The zero-order valence-electron chi connectivity index (χ0n) is 6.57. The standard InChI is InChI=1S/C9H5ClN2S/c10-7-1-2-8-6(3-7)4-11-5-9(13)12-8/h1-5H. The Hall–Kier alpha value is -1.06. The van der Waals surface area contributed by atoms with E-state index in [4.69, 9.17) is 23.8 Å².